The largest absolute Gasteiger partial charge is 0.396 e. The Labute approximate surface area is 113 Å². The van der Waals surface area contributed by atoms with Crippen LogP contribution >= 0.6 is 23.2 Å². The minimum atomic E-state index is -0.411. The van der Waals surface area contributed by atoms with Crippen LogP contribution in [0.15, 0.2) is 24.4 Å². The summed E-state index contributed by atoms with van der Waals surface area (Å²) in [5, 5.41) is 7.47. The molecule has 0 spiro atoms. The van der Waals surface area contributed by atoms with Crippen LogP contribution in [0.4, 0.5) is 11.4 Å². The first-order chi connectivity index (χ1) is 8.45. The second-order valence-corrected chi connectivity index (χ2v) is 4.59. The van der Waals surface area contributed by atoms with E-state index in [1.807, 2.05) is 0 Å². The van der Waals surface area contributed by atoms with Gasteiger partial charge < -0.3 is 11.1 Å². The molecule has 0 aliphatic rings. The van der Waals surface area contributed by atoms with Crippen LogP contribution in [-0.4, -0.2) is 15.7 Å². The van der Waals surface area contributed by atoms with E-state index < -0.39 is 5.91 Å². The van der Waals surface area contributed by atoms with Gasteiger partial charge in [0, 0.05) is 29.0 Å². The smallest absolute Gasteiger partial charge is 0.278 e. The maximum atomic E-state index is 11.9. The van der Waals surface area contributed by atoms with Gasteiger partial charge in [0.15, 0.2) is 5.69 Å². The number of carbonyl (C=O) groups is 1. The third kappa shape index (κ3) is 2.75. The van der Waals surface area contributed by atoms with E-state index in [0.29, 0.717) is 21.4 Å². The van der Waals surface area contributed by atoms with Gasteiger partial charge in [0.2, 0.25) is 0 Å². The molecule has 0 unspecified atom stereocenters. The zero-order valence-corrected chi connectivity index (χ0v) is 11.0. The van der Waals surface area contributed by atoms with Crippen molar-refractivity contribution < 1.29 is 4.79 Å². The molecular formula is C11H10Cl2N4O. The minimum absolute atomic E-state index is 0.161. The number of nitrogens with two attached hydrogens (primary N) is 1. The van der Waals surface area contributed by atoms with Gasteiger partial charge in [-0.2, -0.15) is 5.10 Å². The molecule has 0 fully saturated rings. The van der Waals surface area contributed by atoms with Crippen LogP contribution in [0.2, 0.25) is 10.0 Å². The van der Waals surface area contributed by atoms with Gasteiger partial charge in [0.1, 0.15) is 0 Å². The van der Waals surface area contributed by atoms with Crippen molar-refractivity contribution in [2.75, 3.05) is 11.1 Å². The van der Waals surface area contributed by atoms with Crippen molar-refractivity contribution in [2.45, 2.75) is 0 Å². The third-order valence-corrected chi connectivity index (χ3v) is 2.63. The number of hydrogen-bond donors (Lipinski definition) is 2. The molecule has 0 aliphatic carbocycles. The van der Waals surface area contributed by atoms with Crippen molar-refractivity contribution in [3.05, 3.63) is 40.1 Å². The Bertz CT molecular complexity index is 589. The molecule has 7 heteroatoms. The summed E-state index contributed by atoms with van der Waals surface area (Å²) in [6.07, 6.45) is 1.56. The van der Waals surface area contributed by atoms with Gasteiger partial charge in [-0.3, -0.25) is 9.48 Å². The lowest BCUT2D eigenvalue weighted by Crippen LogP contribution is -2.14. The quantitative estimate of drug-likeness (QED) is 0.890. The molecule has 0 saturated heterocycles. The lowest BCUT2D eigenvalue weighted by Gasteiger charge is -2.05. The fourth-order valence-corrected chi connectivity index (χ4v) is 2.03. The molecule has 1 aromatic carbocycles. The van der Waals surface area contributed by atoms with Crippen molar-refractivity contribution >= 4 is 40.5 Å². The Morgan fingerprint density at radius 2 is 1.94 bits per heavy atom. The number of anilines is 2. The number of carbonyl (C=O) groups excluding carboxylic acids is 1. The normalized spacial score (nSPS) is 10.4. The van der Waals surface area contributed by atoms with Crippen LogP contribution < -0.4 is 11.1 Å². The number of amides is 1. The molecule has 1 amide bonds. The molecule has 0 bridgehead atoms. The molecule has 0 aliphatic heterocycles. The molecule has 1 heterocycles. The van der Waals surface area contributed by atoms with Gasteiger partial charge in [0.05, 0.1) is 5.69 Å². The van der Waals surface area contributed by atoms with Crippen molar-refractivity contribution in [1.82, 2.24) is 9.78 Å². The van der Waals surface area contributed by atoms with Crippen LogP contribution in [-0.2, 0) is 7.05 Å². The first kappa shape index (κ1) is 12.7. The molecule has 0 radical (unpaired) electrons. The fraction of sp³-hybridized carbons (Fsp3) is 0.0909. The van der Waals surface area contributed by atoms with Crippen molar-refractivity contribution in [3.63, 3.8) is 0 Å². The highest BCUT2D eigenvalue weighted by Crippen LogP contribution is 2.23. The zero-order valence-electron chi connectivity index (χ0n) is 9.45. The van der Waals surface area contributed by atoms with Crippen LogP contribution in [0.5, 0.6) is 0 Å². The molecule has 0 atom stereocenters. The van der Waals surface area contributed by atoms with Crippen LogP contribution in [0, 0.1) is 0 Å². The van der Waals surface area contributed by atoms with Gasteiger partial charge in [-0.05, 0) is 18.2 Å². The maximum Gasteiger partial charge on any atom is 0.278 e. The van der Waals surface area contributed by atoms with Crippen LogP contribution in [0.1, 0.15) is 10.5 Å². The maximum absolute atomic E-state index is 11.9. The highest BCUT2D eigenvalue weighted by molar-refractivity contribution is 6.35. The number of nitrogen functional groups attached to an aromatic ring is 1. The SMILES string of the molecule is Cn1cc(N)c(C(=O)Nc2cc(Cl)cc(Cl)c2)n1. The second-order valence-electron chi connectivity index (χ2n) is 3.72. The van der Waals surface area contributed by atoms with Gasteiger partial charge >= 0.3 is 0 Å². The minimum Gasteiger partial charge on any atom is -0.396 e. The number of rotatable bonds is 2. The van der Waals surface area contributed by atoms with E-state index in [0.717, 1.165) is 0 Å². The first-order valence-electron chi connectivity index (χ1n) is 5.02. The molecule has 5 nitrogen and oxygen atoms in total. The van der Waals surface area contributed by atoms with E-state index in [9.17, 15) is 4.79 Å². The Hall–Kier alpha value is -1.72. The number of benzene rings is 1. The molecule has 18 heavy (non-hydrogen) atoms. The number of halogens is 2. The van der Waals surface area contributed by atoms with Crippen LogP contribution in [0.25, 0.3) is 0 Å². The van der Waals surface area contributed by atoms with Gasteiger partial charge in [-0.1, -0.05) is 23.2 Å². The summed E-state index contributed by atoms with van der Waals surface area (Å²) in [4.78, 5) is 11.9. The average molecular weight is 285 g/mol. The standard InChI is InChI=1S/C11H10Cl2N4O/c1-17-5-9(14)10(16-17)11(18)15-8-3-6(12)2-7(13)4-8/h2-5H,14H2,1H3,(H,15,18). The number of nitrogens with one attached hydrogen (secondary N) is 1. The fourth-order valence-electron chi connectivity index (χ4n) is 1.50. The molecule has 1 aromatic heterocycles. The molecule has 2 aromatic rings. The number of aromatic nitrogens is 2. The van der Waals surface area contributed by atoms with E-state index in [-0.39, 0.29) is 5.69 Å². The van der Waals surface area contributed by atoms with Crippen molar-refractivity contribution in [3.8, 4) is 0 Å². The Balaban J connectivity index is 2.23. The van der Waals surface area contributed by atoms with E-state index in [4.69, 9.17) is 28.9 Å². The highest BCUT2D eigenvalue weighted by atomic mass is 35.5. The summed E-state index contributed by atoms with van der Waals surface area (Å²) in [5.74, 6) is -0.411. The van der Waals surface area contributed by atoms with Crippen molar-refractivity contribution in [1.29, 1.82) is 0 Å². The summed E-state index contributed by atoms with van der Waals surface area (Å²) in [6.45, 7) is 0. The van der Waals surface area contributed by atoms with E-state index in [2.05, 4.69) is 10.4 Å². The van der Waals surface area contributed by atoms with E-state index in [1.54, 1.807) is 31.4 Å². The van der Waals surface area contributed by atoms with E-state index in [1.165, 1.54) is 4.68 Å². The van der Waals surface area contributed by atoms with Crippen molar-refractivity contribution in [2.24, 2.45) is 7.05 Å². The van der Waals surface area contributed by atoms with E-state index >= 15 is 0 Å². The monoisotopic (exact) mass is 284 g/mol. The zero-order chi connectivity index (χ0) is 13.3. The van der Waals surface area contributed by atoms with Gasteiger partial charge in [0.25, 0.3) is 5.91 Å². The first-order valence-corrected chi connectivity index (χ1v) is 5.78. The lowest BCUT2D eigenvalue weighted by molar-refractivity contribution is 0.102. The molecular weight excluding hydrogens is 275 g/mol. The Morgan fingerprint density at radius 1 is 1.33 bits per heavy atom. The third-order valence-electron chi connectivity index (χ3n) is 2.19. The topological polar surface area (TPSA) is 72.9 Å². The highest BCUT2D eigenvalue weighted by Gasteiger charge is 2.14. The molecule has 3 N–H and O–H groups in total. The summed E-state index contributed by atoms with van der Waals surface area (Å²) in [6, 6.07) is 4.75. The number of aryl methyl sites for hydroxylation is 1. The summed E-state index contributed by atoms with van der Waals surface area (Å²) < 4.78 is 1.47. The van der Waals surface area contributed by atoms with Gasteiger partial charge in [-0.15, -0.1) is 0 Å². The summed E-state index contributed by atoms with van der Waals surface area (Å²) in [7, 11) is 1.68. The lowest BCUT2D eigenvalue weighted by atomic mass is 10.3. The predicted molar refractivity (Wildman–Crippen MR) is 72.0 cm³/mol. The molecule has 2 rings (SSSR count). The summed E-state index contributed by atoms with van der Waals surface area (Å²) in [5.41, 5.74) is 6.62. The number of hydrogen-bond acceptors (Lipinski definition) is 3. The average Bonchev–Trinajstić information content (AvgIpc) is 2.56. The summed E-state index contributed by atoms with van der Waals surface area (Å²) >= 11 is 11.7. The van der Waals surface area contributed by atoms with Crippen LogP contribution in [0.3, 0.4) is 0 Å². The molecule has 94 valence electrons. The predicted octanol–water partition coefficient (Wildman–Crippen LogP) is 2.56. The Kier molecular flexibility index (Phi) is 3.45. The van der Waals surface area contributed by atoms with Gasteiger partial charge in [-0.25, -0.2) is 0 Å². The number of nitrogens with zero attached hydrogens (tertiary/aromatic N) is 2. The molecule has 0 saturated carbocycles. The Morgan fingerprint density at radius 3 is 2.44 bits per heavy atom. The second kappa shape index (κ2) is 4.88.